The highest BCUT2D eigenvalue weighted by atomic mass is 35.5. The normalized spacial score (nSPS) is 20.6. The molecule has 1 amide bonds. The molecule has 2 heterocycles. The van der Waals surface area contributed by atoms with Gasteiger partial charge in [0.05, 0.1) is 4.34 Å². The van der Waals surface area contributed by atoms with E-state index in [1.807, 2.05) is 6.92 Å². The summed E-state index contributed by atoms with van der Waals surface area (Å²) >= 11 is 6.97. The van der Waals surface area contributed by atoms with Crippen LogP contribution in [0.2, 0.25) is 4.34 Å². The van der Waals surface area contributed by atoms with Gasteiger partial charge in [-0.25, -0.2) is 8.42 Å². The number of hydrogen-bond acceptors (Lipinski definition) is 4. The summed E-state index contributed by atoms with van der Waals surface area (Å²) < 4.78 is 27.7. The number of allylic oxidation sites excluding steroid dienone is 1. The summed E-state index contributed by atoms with van der Waals surface area (Å²) in [5.74, 6) is 0.205. The van der Waals surface area contributed by atoms with Gasteiger partial charge in [0.2, 0.25) is 5.91 Å². The number of piperidine rings is 1. The van der Waals surface area contributed by atoms with Gasteiger partial charge in [-0.1, -0.05) is 30.2 Å². The fourth-order valence-corrected chi connectivity index (χ4v) is 7.14. The zero-order valence-corrected chi connectivity index (χ0v) is 18.7. The van der Waals surface area contributed by atoms with E-state index in [0.717, 1.165) is 24.2 Å². The molecular weight excluding hydrogens is 416 g/mol. The van der Waals surface area contributed by atoms with Crippen LogP contribution in [0.25, 0.3) is 0 Å². The molecule has 0 bridgehead atoms. The number of nitrogens with one attached hydrogen (secondary N) is 1. The van der Waals surface area contributed by atoms with Crippen LogP contribution in [0.15, 0.2) is 28.0 Å². The van der Waals surface area contributed by atoms with Crippen LogP contribution in [-0.2, 0) is 14.8 Å². The SMILES string of the molecule is C[C@H](C(=O)NCCC1=CCCCC1)C1CCN(S(=O)(=O)c2ccc(Cl)s2)CC1. The lowest BCUT2D eigenvalue weighted by molar-refractivity contribution is -0.126. The van der Waals surface area contributed by atoms with Crippen LogP contribution in [0.1, 0.15) is 51.9 Å². The van der Waals surface area contributed by atoms with Crippen molar-refractivity contribution in [2.45, 2.75) is 56.1 Å². The van der Waals surface area contributed by atoms with Crippen molar-refractivity contribution in [1.29, 1.82) is 0 Å². The highest BCUT2D eigenvalue weighted by Gasteiger charge is 2.34. The molecule has 1 N–H and O–H groups in total. The Morgan fingerprint density at radius 1 is 1.32 bits per heavy atom. The molecule has 0 spiro atoms. The number of rotatable bonds is 7. The topological polar surface area (TPSA) is 66.5 Å². The Balaban J connectivity index is 1.45. The first kappa shape index (κ1) is 21.8. The van der Waals surface area contributed by atoms with E-state index in [1.165, 1.54) is 29.1 Å². The van der Waals surface area contributed by atoms with Crippen molar-refractivity contribution in [3.63, 3.8) is 0 Å². The Labute approximate surface area is 177 Å². The number of carbonyl (C=O) groups excluding carboxylic acids is 1. The molecule has 5 nitrogen and oxygen atoms in total. The predicted molar refractivity (Wildman–Crippen MR) is 114 cm³/mol. The Hall–Kier alpha value is -0.890. The first-order valence-electron chi connectivity index (χ1n) is 10.1. The summed E-state index contributed by atoms with van der Waals surface area (Å²) in [7, 11) is -3.48. The predicted octanol–water partition coefficient (Wildman–Crippen LogP) is 4.45. The van der Waals surface area contributed by atoms with Crippen molar-refractivity contribution in [1.82, 2.24) is 9.62 Å². The number of thiophene rings is 1. The van der Waals surface area contributed by atoms with E-state index in [9.17, 15) is 13.2 Å². The Kier molecular flexibility index (Phi) is 7.59. The molecule has 1 fully saturated rings. The third kappa shape index (κ3) is 5.38. The third-order valence-electron chi connectivity index (χ3n) is 5.89. The summed E-state index contributed by atoms with van der Waals surface area (Å²) in [5.41, 5.74) is 1.46. The van der Waals surface area contributed by atoms with Gasteiger partial charge < -0.3 is 5.32 Å². The monoisotopic (exact) mass is 444 g/mol. The van der Waals surface area contributed by atoms with E-state index in [-0.39, 0.29) is 17.7 Å². The minimum atomic E-state index is -3.48. The van der Waals surface area contributed by atoms with Gasteiger partial charge in [0.1, 0.15) is 4.21 Å². The molecule has 8 heteroatoms. The summed E-state index contributed by atoms with van der Waals surface area (Å²) in [4.78, 5) is 12.5. The average Bonchev–Trinajstić information content (AvgIpc) is 3.15. The molecule has 156 valence electrons. The number of hydrogen-bond donors (Lipinski definition) is 1. The number of nitrogens with zero attached hydrogens (tertiary/aromatic N) is 1. The highest BCUT2D eigenvalue weighted by Crippen LogP contribution is 2.32. The lowest BCUT2D eigenvalue weighted by atomic mass is 9.85. The number of halogens is 1. The summed E-state index contributed by atoms with van der Waals surface area (Å²) in [5, 5.41) is 3.07. The number of sulfonamides is 1. The maximum Gasteiger partial charge on any atom is 0.252 e. The molecule has 0 aromatic carbocycles. The van der Waals surface area contributed by atoms with Crippen LogP contribution in [0.3, 0.4) is 0 Å². The van der Waals surface area contributed by atoms with Crippen LogP contribution < -0.4 is 5.32 Å². The van der Waals surface area contributed by atoms with Crippen molar-refractivity contribution >= 4 is 38.9 Å². The van der Waals surface area contributed by atoms with Gasteiger partial charge in [-0.05, 0) is 63.0 Å². The molecule has 1 aliphatic heterocycles. The van der Waals surface area contributed by atoms with Crippen LogP contribution in [0, 0.1) is 11.8 Å². The molecule has 1 atom stereocenters. The van der Waals surface area contributed by atoms with Gasteiger partial charge in [0.15, 0.2) is 0 Å². The second-order valence-electron chi connectivity index (χ2n) is 7.74. The Morgan fingerprint density at radius 3 is 2.68 bits per heavy atom. The lowest BCUT2D eigenvalue weighted by Crippen LogP contribution is -2.42. The molecule has 1 saturated heterocycles. The van der Waals surface area contributed by atoms with Crippen LogP contribution >= 0.6 is 22.9 Å². The zero-order valence-electron chi connectivity index (χ0n) is 16.3. The standard InChI is InChI=1S/C20H29ClN2O3S2/c1-15(20(24)22-12-9-16-5-3-2-4-6-16)17-10-13-23(14-11-17)28(25,26)19-8-7-18(21)27-19/h5,7-8,15,17H,2-4,6,9-14H2,1H3,(H,22,24)/t15-/m0/s1. The third-order valence-corrected chi connectivity index (χ3v) is 9.49. The van der Waals surface area contributed by atoms with Crippen molar-refractivity contribution in [2.24, 2.45) is 11.8 Å². The summed E-state index contributed by atoms with van der Waals surface area (Å²) in [6.07, 6.45) is 9.54. The molecule has 1 aromatic heterocycles. The summed E-state index contributed by atoms with van der Waals surface area (Å²) in [6.45, 7) is 3.56. The second-order valence-corrected chi connectivity index (χ2v) is 11.6. The van der Waals surface area contributed by atoms with Crippen LogP contribution in [-0.4, -0.2) is 38.3 Å². The fourth-order valence-electron chi connectivity index (χ4n) is 4.03. The van der Waals surface area contributed by atoms with Crippen molar-refractivity contribution in [2.75, 3.05) is 19.6 Å². The molecule has 28 heavy (non-hydrogen) atoms. The molecule has 0 saturated carbocycles. The minimum Gasteiger partial charge on any atom is -0.356 e. The highest BCUT2D eigenvalue weighted by molar-refractivity contribution is 7.91. The van der Waals surface area contributed by atoms with Gasteiger partial charge in [-0.15, -0.1) is 11.3 Å². The van der Waals surface area contributed by atoms with Crippen LogP contribution in [0.4, 0.5) is 0 Å². The maximum absolute atomic E-state index is 12.7. The van der Waals surface area contributed by atoms with E-state index in [2.05, 4.69) is 11.4 Å². The number of carbonyl (C=O) groups is 1. The summed E-state index contributed by atoms with van der Waals surface area (Å²) in [6, 6.07) is 3.17. The van der Waals surface area contributed by atoms with E-state index in [1.54, 1.807) is 12.1 Å². The van der Waals surface area contributed by atoms with Crippen LogP contribution in [0.5, 0.6) is 0 Å². The fraction of sp³-hybridized carbons (Fsp3) is 0.650. The average molecular weight is 445 g/mol. The quantitative estimate of drug-likeness (QED) is 0.632. The smallest absolute Gasteiger partial charge is 0.252 e. The molecule has 1 aliphatic carbocycles. The van der Waals surface area contributed by atoms with E-state index >= 15 is 0 Å². The van der Waals surface area contributed by atoms with Crippen molar-refractivity contribution < 1.29 is 13.2 Å². The van der Waals surface area contributed by atoms with Gasteiger partial charge >= 0.3 is 0 Å². The molecule has 2 aliphatic rings. The lowest BCUT2D eigenvalue weighted by Gasteiger charge is -2.33. The largest absolute Gasteiger partial charge is 0.356 e. The van der Waals surface area contributed by atoms with Crippen molar-refractivity contribution in [3.8, 4) is 0 Å². The van der Waals surface area contributed by atoms with Gasteiger partial charge in [-0.2, -0.15) is 4.31 Å². The Bertz CT molecular complexity index is 811. The zero-order chi connectivity index (χ0) is 20.1. The maximum atomic E-state index is 12.7. The Morgan fingerprint density at radius 2 is 2.07 bits per heavy atom. The van der Waals surface area contributed by atoms with E-state index < -0.39 is 10.0 Å². The van der Waals surface area contributed by atoms with Crippen molar-refractivity contribution in [3.05, 3.63) is 28.1 Å². The molecular formula is C20H29ClN2O3S2. The first-order chi connectivity index (χ1) is 13.4. The van der Waals surface area contributed by atoms with E-state index in [0.29, 0.717) is 41.0 Å². The minimum absolute atomic E-state index is 0.0859. The molecule has 3 rings (SSSR count). The molecule has 1 aromatic rings. The number of amides is 1. The molecule has 0 radical (unpaired) electrons. The second kappa shape index (κ2) is 9.74. The van der Waals surface area contributed by atoms with E-state index in [4.69, 9.17) is 11.6 Å². The van der Waals surface area contributed by atoms with Gasteiger partial charge in [0.25, 0.3) is 10.0 Å². The van der Waals surface area contributed by atoms with Gasteiger partial charge in [-0.3, -0.25) is 4.79 Å². The first-order valence-corrected chi connectivity index (χ1v) is 12.7. The van der Waals surface area contributed by atoms with Gasteiger partial charge in [0, 0.05) is 25.6 Å². The molecule has 0 unspecified atom stereocenters.